The number of hydrogen-bond acceptors (Lipinski definition) is 14. The van der Waals surface area contributed by atoms with Gasteiger partial charge in [-0.2, -0.15) is 9.97 Å². The lowest BCUT2D eigenvalue weighted by Crippen LogP contribution is -2.58. The maximum Gasteiger partial charge on any atom is 0.319 e. The summed E-state index contributed by atoms with van der Waals surface area (Å²) in [6.45, 7) is 7.05. The number of nitrogens with one attached hydrogen (secondary N) is 2. The fraction of sp³-hybridized carbons (Fsp3) is 0.370. The number of phenols is 1. The summed E-state index contributed by atoms with van der Waals surface area (Å²) in [7, 11) is 0. The van der Waals surface area contributed by atoms with Gasteiger partial charge < -0.3 is 39.8 Å². The molecule has 1 aromatic heterocycles. The average Bonchev–Trinajstić information content (AvgIpc) is 3.55. The number of fused-ring (bicyclic) bond motifs is 2. The van der Waals surface area contributed by atoms with Gasteiger partial charge in [0.15, 0.2) is 18.2 Å². The summed E-state index contributed by atoms with van der Waals surface area (Å²) in [6.07, 6.45) is 1.35. The van der Waals surface area contributed by atoms with E-state index in [1.54, 1.807) is 4.90 Å². The van der Waals surface area contributed by atoms with Crippen LogP contribution in [0.4, 0.5) is 14.6 Å². The van der Waals surface area contributed by atoms with E-state index in [0.717, 1.165) is 11.0 Å². The van der Waals surface area contributed by atoms with Gasteiger partial charge in [0.25, 0.3) is 17.7 Å². The second-order valence-electron chi connectivity index (χ2n) is 16.1. The number of carbonyl (C=O) groups excluding carboxylic acids is 7. The maximum absolute atomic E-state index is 16.5. The Hall–Kier alpha value is -7.06. The van der Waals surface area contributed by atoms with Gasteiger partial charge in [-0.15, -0.1) is 0 Å². The molecule has 0 bridgehead atoms. The van der Waals surface area contributed by atoms with E-state index in [0.29, 0.717) is 6.42 Å². The van der Waals surface area contributed by atoms with Crippen molar-refractivity contribution in [2.45, 2.75) is 57.7 Å². The van der Waals surface area contributed by atoms with Crippen molar-refractivity contribution >= 4 is 69.4 Å². The molecule has 352 valence electrons. The van der Waals surface area contributed by atoms with Gasteiger partial charge in [-0.3, -0.25) is 38.5 Å². The molecule has 21 heteroatoms. The topological polar surface area (TPSA) is 227 Å². The number of amides is 5. The van der Waals surface area contributed by atoms with Crippen molar-refractivity contribution in [3.05, 3.63) is 82.9 Å². The van der Waals surface area contributed by atoms with Crippen molar-refractivity contribution in [1.82, 2.24) is 30.4 Å². The molecule has 1 unspecified atom stereocenters. The van der Waals surface area contributed by atoms with Crippen LogP contribution in [0.1, 0.15) is 60.2 Å². The molecular formula is C46H46ClF2N7O11. The van der Waals surface area contributed by atoms with Gasteiger partial charge in [0.1, 0.15) is 47.6 Å². The molecule has 67 heavy (non-hydrogen) atoms. The van der Waals surface area contributed by atoms with Crippen molar-refractivity contribution in [2.24, 2.45) is 0 Å². The molecular weight excluding hydrogens is 900 g/mol. The lowest BCUT2D eigenvalue weighted by molar-refractivity contribution is -0.133. The molecule has 1 aliphatic carbocycles. The standard InChI is InChI=1S/C46H46ClF2N7O11/c1-4-37(62)54-20-25(3)55(21-24(54)2)43-28-19-29(47)39(40-30(48)9-6-10-32(40)58)41(49)42(28)52-46(53-43)66-17-16-65-22-35(60)50-14-7-15-51-36(61)23-67-34-11-5-8-27-38(34)45(64)56(44(27)63)31-13-12-26(57)18-33(31)59/h4-6,8-11,19,24-25,31,58H,1,7,12-18,20-23H2,2-3H3,(H,50,60)(H,51,61)/t24-,25+,31?/m1/s1. The van der Waals surface area contributed by atoms with Crippen LogP contribution in [0.3, 0.4) is 0 Å². The first kappa shape index (κ1) is 47.9. The van der Waals surface area contributed by atoms with E-state index in [1.807, 2.05) is 18.7 Å². The number of imide groups is 1. The molecule has 2 aliphatic heterocycles. The van der Waals surface area contributed by atoms with Gasteiger partial charge in [0.2, 0.25) is 11.8 Å². The largest absolute Gasteiger partial charge is 0.507 e. The summed E-state index contributed by atoms with van der Waals surface area (Å²) in [5.74, 6) is -5.67. The predicted octanol–water partition coefficient (Wildman–Crippen LogP) is 3.93. The summed E-state index contributed by atoms with van der Waals surface area (Å²) < 4.78 is 48.4. The van der Waals surface area contributed by atoms with Crippen molar-refractivity contribution in [3.63, 3.8) is 0 Å². The molecule has 1 saturated heterocycles. The number of aromatic hydroxyl groups is 1. The Kier molecular flexibility index (Phi) is 14.7. The number of carbonyl (C=O) groups is 7. The number of anilines is 1. The van der Waals surface area contributed by atoms with Gasteiger partial charge in [-0.25, -0.2) is 8.78 Å². The Morgan fingerprint density at radius 2 is 1.64 bits per heavy atom. The van der Waals surface area contributed by atoms with Crippen LogP contribution in [-0.4, -0.2) is 137 Å². The molecule has 0 spiro atoms. The summed E-state index contributed by atoms with van der Waals surface area (Å²) in [5.41, 5.74) is -1.17. The highest BCUT2D eigenvalue weighted by atomic mass is 35.5. The number of benzene rings is 3. The Balaban J connectivity index is 0.892. The average molecular weight is 946 g/mol. The highest BCUT2D eigenvalue weighted by Crippen LogP contribution is 2.43. The third kappa shape index (κ3) is 10.2. The number of phenolic OH excluding ortho intramolecular Hbond substituents is 1. The molecule has 3 aromatic carbocycles. The summed E-state index contributed by atoms with van der Waals surface area (Å²) >= 11 is 6.58. The van der Waals surface area contributed by atoms with Crippen LogP contribution in [0.5, 0.6) is 17.5 Å². The molecule has 3 aliphatic rings. The fourth-order valence-corrected chi connectivity index (χ4v) is 8.52. The Labute approximate surface area is 387 Å². The molecule has 3 atom stereocenters. The second kappa shape index (κ2) is 20.6. The zero-order valence-electron chi connectivity index (χ0n) is 36.4. The SMILES string of the molecule is C=CC(=O)N1C[C@H](C)N(c2nc(OCCOCC(=O)NCCCNC(=O)COc3cccc4c3C(=O)N(C3CCC(=O)CC3=O)C4=O)nc3c(F)c(-c4c(O)cccc4F)c(Cl)cc23)C[C@H]1C. The van der Waals surface area contributed by atoms with Crippen LogP contribution in [0.25, 0.3) is 22.0 Å². The monoisotopic (exact) mass is 945 g/mol. The lowest BCUT2D eigenvalue weighted by Gasteiger charge is -2.44. The molecule has 0 radical (unpaired) electrons. The van der Waals surface area contributed by atoms with E-state index in [1.165, 1.54) is 42.5 Å². The summed E-state index contributed by atoms with van der Waals surface area (Å²) in [5, 5.41) is 15.8. The van der Waals surface area contributed by atoms with Crippen molar-refractivity contribution in [3.8, 4) is 28.6 Å². The fourth-order valence-electron chi connectivity index (χ4n) is 8.23. The number of ketones is 2. The molecule has 1 saturated carbocycles. The maximum atomic E-state index is 16.5. The van der Waals surface area contributed by atoms with E-state index >= 15 is 8.78 Å². The van der Waals surface area contributed by atoms with Crippen LogP contribution in [0.15, 0.2) is 55.1 Å². The van der Waals surface area contributed by atoms with Crippen LogP contribution in [-0.2, 0) is 28.7 Å². The van der Waals surface area contributed by atoms with Crippen LogP contribution >= 0.6 is 11.6 Å². The van der Waals surface area contributed by atoms with Gasteiger partial charge in [-0.05, 0) is 63.1 Å². The molecule has 2 fully saturated rings. The minimum Gasteiger partial charge on any atom is -0.507 e. The quantitative estimate of drug-likeness (QED) is 0.0591. The van der Waals surface area contributed by atoms with E-state index < -0.39 is 70.6 Å². The zero-order chi connectivity index (χ0) is 48.1. The van der Waals surface area contributed by atoms with E-state index in [2.05, 4.69) is 27.2 Å². The predicted molar refractivity (Wildman–Crippen MR) is 237 cm³/mol. The van der Waals surface area contributed by atoms with Crippen LogP contribution in [0, 0.1) is 11.6 Å². The first-order valence-electron chi connectivity index (χ1n) is 21.4. The molecule has 7 rings (SSSR count). The van der Waals surface area contributed by atoms with Gasteiger partial charge in [0.05, 0.1) is 40.8 Å². The number of ether oxygens (including phenoxy) is 3. The zero-order valence-corrected chi connectivity index (χ0v) is 37.2. The second-order valence-corrected chi connectivity index (χ2v) is 16.5. The normalized spacial score (nSPS) is 18.3. The Morgan fingerprint density at radius 3 is 2.36 bits per heavy atom. The highest BCUT2D eigenvalue weighted by molar-refractivity contribution is 6.34. The third-order valence-corrected chi connectivity index (χ3v) is 11.8. The number of halogens is 3. The number of nitrogens with zero attached hydrogens (tertiary/aromatic N) is 5. The van der Waals surface area contributed by atoms with Crippen LogP contribution in [0.2, 0.25) is 5.02 Å². The Morgan fingerprint density at radius 1 is 0.910 bits per heavy atom. The Bertz CT molecular complexity index is 2670. The smallest absolute Gasteiger partial charge is 0.319 e. The molecule has 5 amide bonds. The van der Waals surface area contributed by atoms with Gasteiger partial charge in [-0.1, -0.05) is 30.3 Å². The number of Topliss-reactive ketones (excluding diaryl/α,β-unsaturated/α-hetero) is 2. The van der Waals surface area contributed by atoms with Gasteiger partial charge in [0, 0.05) is 55.6 Å². The number of piperazine rings is 1. The van der Waals surface area contributed by atoms with Crippen molar-refractivity contribution < 1.29 is 61.7 Å². The first-order valence-corrected chi connectivity index (χ1v) is 21.8. The van der Waals surface area contributed by atoms with E-state index in [9.17, 15) is 38.7 Å². The van der Waals surface area contributed by atoms with Gasteiger partial charge >= 0.3 is 6.01 Å². The lowest BCUT2D eigenvalue weighted by atomic mass is 9.92. The third-order valence-electron chi connectivity index (χ3n) is 11.5. The minimum absolute atomic E-state index is 0.00543. The first-order chi connectivity index (χ1) is 32.1. The molecule has 18 nitrogen and oxygen atoms in total. The number of rotatable bonds is 17. The van der Waals surface area contributed by atoms with E-state index in [4.69, 9.17) is 25.8 Å². The van der Waals surface area contributed by atoms with E-state index in [-0.39, 0.29) is 134 Å². The highest BCUT2D eigenvalue weighted by Gasteiger charge is 2.46. The summed E-state index contributed by atoms with van der Waals surface area (Å²) in [6, 6.07) is 7.30. The number of aromatic nitrogens is 2. The molecule has 4 aromatic rings. The van der Waals surface area contributed by atoms with Crippen molar-refractivity contribution in [1.29, 1.82) is 0 Å². The number of hydrogen-bond donors (Lipinski definition) is 3. The van der Waals surface area contributed by atoms with Crippen LogP contribution < -0.4 is 25.0 Å². The summed E-state index contributed by atoms with van der Waals surface area (Å²) in [4.78, 5) is 101. The van der Waals surface area contributed by atoms with Crippen molar-refractivity contribution in [2.75, 3.05) is 57.5 Å². The molecule has 3 heterocycles. The molecule has 3 N–H and O–H groups in total. The minimum atomic E-state index is -1.05.